The SMILES string of the molecule is CCCCc1ccc(NC(=O)/C(C#N)=C\NCCc2ccc(S(N)(=O)=O)cc2)cc1. The number of unbranched alkanes of at least 4 members (excludes halogenated alkanes) is 1. The second-order valence-corrected chi connectivity index (χ2v) is 8.38. The topological polar surface area (TPSA) is 125 Å². The molecular formula is C22H26N4O3S. The molecule has 7 nitrogen and oxygen atoms in total. The summed E-state index contributed by atoms with van der Waals surface area (Å²) >= 11 is 0. The lowest BCUT2D eigenvalue weighted by Crippen LogP contribution is -2.18. The van der Waals surface area contributed by atoms with E-state index in [9.17, 15) is 18.5 Å². The van der Waals surface area contributed by atoms with Gasteiger partial charge in [0.25, 0.3) is 5.91 Å². The number of anilines is 1. The number of aryl methyl sites for hydroxylation is 1. The zero-order valence-electron chi connectivity index (χ0n) is 16.9. The number of primary sulfonamides is 1. The lowest BCUT2D eigenvalue weighted by Gasteiger charge is -2.07. The fraction of sp³-hybridized carbons (Fsp3) is 0.273. The van der Waals surface area contributed by atoms with Gasteiger partial charge in [-0.15, -0.1) is 0 Å². The van der Waals surface area contributed by atoms with Gasteiger partial charge in [0.1, 0.15) is 11.6 Å². The predicted octanol–water partition coefficient (Wildman–Crippen LogP) is 2.85. The molecule has 0 atom stereocenters. The molecule has 0 bridgehead atoms. The van der Waals surface area contributed by atoms with Crippen molar-refractivity contribution in [2.75, 3.05) is 11.9 Å². The van der Waals surface area contributed by atoms with E-state index in [1.54, 1.807) is 12.1 Å². The smallest absolute Gasteiger partial charge is 0.267 e. The summed E-state index contributed by atoms with van der Waals surface area (Å²) in [4.78, 5) is 12.3. The predicted molar refractivity (Wildman–Crippen MR) is 117 cm³/mol. The van der Waals surface area contributed by atoms with E-state index < -0.39 is 15.9 Å². The standard InChI is InChI=1S/C22H26N4O3S/c1-2-3-4-17-5-9-20(10-6-17)26-22(27)19(15-23)16-25-14-13-18-7-11-21(12-8-18)30(24,28)29/h5-12,16,25H,2-4,13-14H2,1H3,(H,26,27)(H2,24,28,29)/b19-16-. The number of sulfonamides is 1. The summed E-state index contributed by atoms with van der Waals surface area (Å²) in [5.41, 5.74) is 2.71. The molecular weight excluding hydrogens is 400 g/mol. The quantitative estimate of drug-likeness (QED) is 0.306. The average Bonchev–Trinajstić information content (AvgIpc) is 2.73. The van der Waals surface area contributed by atoms with E-state index in [0.29, 0.717) is 18.7 Å². The van der Waals surface area contributed by atoms with E-state index >= 15 is 0 Å². The zero-order valence-corrected chi connectivity index (χ0v) is 17.7. The Balaban J connectivity index is 1.86. The fourth-order valence-electron chi connectivity index (χ4n) is 2.72. The fourth-order valence-corrected chi connectivity index (χ4v) is 3.23. The van der Waals surface area contributed by atoms with Crippen molar-refractivity contribution in [1.29, 1.82) is 5.26 Å². The Bertz CT molecular complexity index is 1020. The Labute approximate surface area is 177 Å². The lowest BCUT2D eigenvalue weighted by molar-refractivity contribution is -0.112. The molecule has 0 aliphatic heterocycles. The van der Waals surface area contributed by atoms with Crippen LogP contribution in [0.4, 0.5) is 5.69 Å². The Hall–Kier alpha value is -3.15. The number of rotatable bonds is 10. The number of benzene rings is 2. The Morgan fingerprint density at radius 2 is 1.67 bits per heavy atom. The number of nitrogens with two attached hydrogens (primary N) is 1. The third kappa shape index (κ3) is 7.35. The maximum Gasteiger partial charge on any atom is 0.267 e. The molecule has 0 saturated carbocycles. The number of carbonyl (C=O) groups excluding carboxylic acids is 1. The third-order valence-corrected chi connectivity index (χ3v) is 5.38. The van der Waals surface area contributed by atoms with E-state index in [0.717, 1.165) is 24.8 Å². The number of nitrogens with one attached hydrogen (secondary N) is 2. The first kappa shape index (κ1) is 23.1. The summed E-state index contributed by atoms with van der Waals surface area (Å²) in [7, 11) is -3.71. The second-order valence-electron chi connectivity index (χ2n) is 6.82. The third-order valence-electron chi connectivity index (χ3n) is 4.45. The van der Waals surface area contributed by atoms with Crippen molar-refractivity contribution < 1.29 is 13.2 Å². The first-order chi connectivity index (χ1) is 14.3. The van der Waals surface area contributed by atoms with Gasteiger partial charge in [-0.3, -0.25) is 4.79 Å². The molecule has 1 amide bonds. The van der Waals surface area contributed by atoms with Crippen LogP contribution >= 0.6 is 0 Å². The van der Waals surface area contributed by atoms with Crippen LogP contribution < -0.4 is 15.8 Å². The Morgan fingerprint density at radius 3 is 2.23 bits per heavy atom. The molecule has 0 spiro atoms. The molecule has 0 radical (unpaired) electrons. The molecule has 2 rings (SSSR count). The average molecular weight is 427 g/mol. The normalized spacial score (nSPS) is 11.6. The van der Waals surface area contributed by atoms with Gasteiger partial charge in [-0.05, 0) is 54.7 Å². The van der Waals surface area contributed by atoms with Crippen LogP contribution in [0.1, 0.15) is 30.9 Å². The number of carbonyl (C=O) groups is 1. The van der Waals surface area contributed by atoms with Crippen molar-refractivity contribution in [1.82, 2.24) is 5.32 Å². The monoisotopic (exact) mass is 426 g/mol. The number of amides is 1. The number of nitriles is 1. The molecule has 0 aliphatic rings. The minimum Gasteiger partial charge on any atom is -0.389 e. The Kier molecular flexibility index (Phi) is 8.59. The molecule has 4 N–H and O–H groups in total. The number of nitrogens with zero attached hydrogens (tertiary/aromatic N) is 1. The molecule has 0 unspecified atom stereocenters. The van der Waals surface area contributed by atoms with E-state index in [2.05, 4.69) is 17.6 Å². The van der Waals surface area contributed by atoms with Crippen molar-refractivity contribution >= 4 is 21.6 Å². The molecule has 0 aliphatic carbocycles. The van der Waals surface area contributed by atoms with Gasteiger partial charge < -0.3 is 10.6 Å². The van der Waals surface area contributed by atoms with Gasteiger partial charge in [0.05, 0.1) is 4.90 Å². The molecule has 2 aromatic carbocycles. The number of hydrogen-bond donors (Lipinski definition) is 3. The lowest BCUT2D eigenvalue weighted by atomic mass is 10.1. The summed E-state index contributed by atoms with van der Waals surface area (Å²) in [6, 6.07) is 15.7. The molecule has 0 aromatic heterocycles. The van der Waals surface area contributed by atoms with Gasteiger partial charge in [-0.1, -0.05) is 37.6 Å². The second kappa shape index (κ2) is 11.1. The zero-order chi connectivity index (χ0) is 22.0. The molecule has 0 fully saturated rings. The highest BCUT2D eigenvalue weighted by atomic mass is 32.2. The van der Waals surface area contributed by atoms with Crippen LogP contribution in [0, 0.1) is 11.3 Å². The molecule has 0 heterocycles. The minimum atomic E-state index is -3.71. The van der Waals surface area contributed by atoms with Crippen molar-refractivity contribution in [3.8, 4) is 6.07 Å². The maximum absolute atomic E-state index is 12.3. The van der Waals surface area contributed by atoms with Gasteiger partial charge in [-0.25, -0.2) is 13.6 Å². The van der Waals surface area contributed by atoms with E-state index in [1.165, 1.54) is 23.9 Å². The van der Waals surface area contributed by atoms with E-state index in [4.69, 9.17) is 5.14 Å². The summed E-state index contributed by atoms with van der Waals surface area (Å²) < 4.78 is 22.5. The van der Waals surface area contributed by atoms with Crippen LogP contribution in [0.5, 0.6) is 0 Å². The highest BCUT2D eigenvalue weighted by Crippen LogP contribution is 2.13. The summed E-state index contributed by atoms with van der Waals surface area (Å²) in [6.07, 6.45) is 5.21. The van der Waals surface area contributed by atoms with Crippen LogP contribution in [0.3, 0.4) is 0 Å². The van der Waals surface area contributed by atoms with Crippen LogP contribution in [0.15, 0.2) is 65.2 Å². The maximum atomic E-state index is 12.3. The summed E-state index contributed by atoms with van der Waals surface area (Å²) in [6.45, 7) is 2.61. The van der Waals surface area contributed by atoms with E-state index in [1.807, 2.05) is 30.3 Å². The van der Waals surface area contributed by atoms with Crippen molar-refractivity contribution in [2.24, 2.45) is 5.14 Å². The largest absolute Gasteiger partial charge is 0.389 e. The summed E-state index contributed by atoms with van der Waals surface area (Å²) in [5, 5.41) is 20.0. The van der Waals surface area contributed by atoms with Crippen molar-refractivity contribution in [3.05, 3.63) is 71.4 Å². The van der Waals surface area contributed by atoms with Crippen LogP contribution in [0.25, 0.3) is 0 Å². The highest BCUT2D eigenvalue weighted by Gasteiger charge is 2.09. The van der Waals surface area contributed by atoms with Gasteiger partial charge in [0.2, 0.25) is 10.0 Å². The number of hydrogen-bond acceptors (Lipinski definition) is 5. The molecule has 2 aromatic rings. The summed E-state index contributed by atoms with van der Waals surface area (Å²) in [5.74, 6) is -0.483. The first-order valence-electron chi connectivity index (χ1n) is 9.69. The van der Waals surface area contributed by atoms with Crippen LogP contribution in [-0.4, -0.2) is 20.9 Å². The van der Waals surface area contributed by atoms with Gasteiger partial charge in [0, 0.05) is 18.4 Å². The Morgan fingerprint density at radius 1 is 1.07 bits per heavy atom. The minimum absolute atomic E-state index is 0.0327. The molecule has 158 valence electrons. The molecule has 8 heteroatoms. The van der Waals surface area contributed by atoms with Crippen molar-refractivity contribution in [3.63, 3.8) is 0 Å². The highest BCUT2D eigenvalue weighted by molar-refractivity contribution is 7.89. The van der Waals surface area contributed by atoms with Gasteiger partial charge >= 0.3 is 0 Å². The van der Waals surface area contributed by atoms with E-state index in [-0.39, 0.29) is 10.5 Å². The van der Waals surface area contributed by atoms with Gasteiger partial charge in [0.15, 0.2) is 0 Å². The molecule has 30 heavy (non-hydrogen) atoms. The first-order valence-corrected chi connectivity index (χ1v) is 11.2. The van der Waals surface area contributed by atoms with Crippen LogP contribution in [0.2, 0.25) is 0 Å². The van der Waals surface area contributed by atoms with Crippen molar-refractivity contribution in [2.45, 2.75) is 37.5 Å². The van der Waals surface area contributed by atoms with Crippen LogP contribution in [-0.2, 0) is 27.7 Å². The molecule has 0 saturated heterocycles. The van der Waals surface area contributed by atoms with Gasteiger partial charge in [-0.2, -0.15) is 5.26 Å².